The van der Waals surface area contributed by atoms with Crippen molar-refractivity contribution in [2.45, 2.75) is 50.9 Å². The molecule has 1 heterocycles. The molecule has 1 aliphatic rings. The Balaban J connectivity index is 2.43. The monoisotopic (exact) mass is 273 g/mol. The van der Waals surface area contributed by atoms with Gasteiger partial charge in [-0.15, -0.1) is 0 Å². The highest BCUT2D eigenvalue weighted by atomic mass is 19.4. The summed E-state index contributed by atoms with van der Waals surface area (Å²) in [5.74, 6) is 0. The molecule has 1 unspecified atom stereocenters. The van der Waals surface area contributed by atoms with E-state index in [2.05, 4.69) is 0 Å². The van der Waals surface area contributed by atoms with Crippen LogP contribution in [0.25, 0.3) is 0 Å². The lowest BCUT2D eigenvalue weighted by Crippen LogP contribution is -2.45. The third-order valence-electron chi connectivity index (χ3n) is 4.08. The van der Waals surface area contributed by atoms with E-state index in [0.29, 0.717) is 12.0 Å². The van der Waals surface area contributed by atoms with Gasteiger partial charge < -0.3 is 5.21 Å². The lowest BCUT2D eigenvalue weighted by Gasteiger charge is -2.37. The maximum Gasteiger partial charge on any atom is 0.416 e. The first-order valence-electron chi connectivity index (χ1n) is 6.24. The van der Waals surface area contributed by atoms with Crippen LogP contribution in [-0.4, -0.2) is 15.8 Å². The zero-order chi connectivity index (χ0) is 14.5. The normalized spacial score (nSPS) is 27.7. The number of nitrogens with zero attached hydrogens (tertiary/aromatic N) is 1. The molecule has 0 amide bonds. The molecule has 5 heteroatoms. The summed E-state index contributed by atoms with van der Waals surface area (Å²) in [7, 11) is 0. The maximum atomic E-state index is 12.8. The van der Waals surface area contributed by atoms with E-state index in [1.165, 1.54) is 11.1 Å². The summed E-state index contributed by atoms with van der Waals surface area (Å²) in [6, 6.07) is 5.21. The van der Waals surface area contributed by atoms with E-state index in [0.717, 1.165) is 18.6 Å². The van der Waals surface area contributed by atoms with Gasteiger partial charge in [-0.25, -0.2) is 0 Å². The first kappa shape index (κ1) is 14.3. The highest BCUT2D eigenvalue weighted by Gasteiger charge is 2.48. The van der Waals surface area contributed by atoms with Gasteiger partial charge in [0.05, 0.1) is 11.1 Å². The van der Waals surface area contributed by atoms with Gasteiger partial charge >= 0.3 is 6.18 Å². The topological polar surface area (TPSA) is 23.5 Å². The van der Waals surface area contributed by atoms with Crippen molar-refractivity contribution in [3.63, 3.8) is 0 Å². The molecule has 2 nitrogen and oxygen atoms in total. The summed E-state index contributed by atoms with van der Waals surface area (Å²) in [5.41, 5.74) is -1.38. The van der Waals surface area contributed by atoms with Crippen molar-refractivity contribution in [2.24, 2.45) is 0 Å². The fraction of sp³-hybridized carbons (Fsp3) is 0.571. The Morgan fingerprint density at radius 3 is 2.26 bits per heavy atom. The van der Waals surface area contributed by atoms with Crippen molar-refractivity contribution in [1.29, 1.82) is 0 Å². The van der Waals surface area contributed by atoms with Crippen LogP contribution in [0.2, 0.25) is 0 Å². The minimum Gasteiger partial charge on any atom is -0.313 e. The summed E-state index contributed by atoms with van der Waals surface area (Å²) in [6.07, 6.45) is -3.01. The Kier molecular flexibility index (Phi) is 3.18. The van der Waals surface area contributed by atoms with Gasteiger partial charge in [-0.05, 0) is 51.3 Å². The summed E-state index contributed by atoms with van der Waals surface area (Å²) >= 11 is 0. The predicted octanol–water partition coefficient (Wildman–Crippen LogP) is 4.18. The average Bonchev–Trinajstić information content (AvgIpc) is 2.54. The minimum absolute atomic E-state index is 0.428. The Morgan fingerprint density at radius 1 is 1.16 bits per heavy atom. The van der Waals surface area contributed by atoms with Gasteiger partial charge in [0.2, 0.25) is 0 Å². The fourth-order valence-electron chi connectivity index (χ4n) is 2.73. The van der Waals surface area contributed by atoms with Crippen molar-refractivity contribution in [1.82, 2.24) is 5.06 Å². The second-order valence-electron chi connectivity index (χ2n) is 5.98. The molecule has 1 aliphatic heterocycles. The minimum atomic E-state index is -4.36. The van der Waals surface area contributed by atoms with Crippen LogP contribution in [0.5, 0.6) is 0 Å². The van der Waals surface area contributed by atoms with E-state index in [1.54, 1.807) is 13.0 Å². The van der Waals surface area contributed by atoms with Crippen LogP contribution in [0.1, 0.15) is 44.7 Å². The van der Waals surface area contributed by atoms with E-state index in [9.17, 15) is 18.4 Å². The van der Waals surface area contributed by atoms with E-state index in [4.69, 9.17) is 0 Å². The van der Waals surface area contributed by atoms with Gasteiger partial charge in [0.1, 0.15) is 0 Å². The van der Waals surface area contributed by atoms with Crippen molar-refractivity contribution < 1.29 is 18.4 Å². The van der Waals surface area contributed by atoms with Gasteiger partial charge in [0.25, 0.3) is 0 Å². The molecule has 1 atom stereocenters. The van der Waals surface area contributed by atoms with Gasteiger partial charge in [-0.1, -0.05) is 12.1 Å². The predicted molar refractivity (Wildman–Crippen MR) is 65.7 cm³/mol. The van der Waals surface area contributed by atoms with E-state index >= 15 is 0 Å². The SMILES string of the molecule is CC1(C)CCC(C)(c2cccc(C(F)(F)F)c2)N1O. The smallest absolute Gasteiger partial charge is 0.313 e. The molecule has 1 aromatic rings. The van der Waals surface area contributed by atoms with Gasteiger partial charge in [-0.2, -0.15) is 18.2 Å². The zero-order valence-corrected chi connectivity index (χ0v) is 11.3. The second-order valence-corrected chi connectivity index (χ2v) is 5.98. The maximum absolute atomic E-state index is 12.8. The fourth-order valence-corrected chi connectivity index (χ4v) is 2.73. The number of hydroxylamine groups is 2. The summed E-state index contributed by atoms with van der Waals surface area (Å²) < 4.78 is 38.3. The Bertz CT molecular complexity index is 484. The van der Waals surface area contributed by atoms with Crippen LogP contribution in [-0.2, 0) is 11.7 Å². The molecule has 19 heavy (non-hydrogen) atoms. The summed E-state index contributed by atoms with van der Waals surface area (Å²) in [6.45, 7) is 5.54. The first-order valence-corrected chi connectivity index (χ1v) is 6.24. The van der Waals surface area contributed by atoms with Gasteiger partial charge in [-0.3, -0.25) is 0 Å². The Morgan fingerprint density at radius 2 is 1.79 bits per heavy atom. The van der Waals surface area contributed by atoms with Crippen LogP contribution in [0.4, 0.5) is 13.2 Å². The van der Waals surface area contributed by atoms with E-state index in [-0.39, 0.29) is 0 Å². The van der Waals surface area contributed by atoms with Crippen molar-refractivity contribution >= 4 is 0 Å². The second kappa shape index (κ2) is 4.21. The molecule has 1 aromatic carbocycles. The number of rotatable bonds is 1. The van der Waals surface area contributed by atoms with Crippen LogP contribution >= 0.6 is 0 Å². The largest absolute Gasteiger partial charge is 0.416 e. The van der Waals surface area contributed by atoms with Gasteiger partial charge in [0, 0.05) is 5.54 Å². The lowest BCUT2D eigenvalue weighted by atomic mass is 9.89. The molecule has 0 saturated carbocycles. The van der Waals surface area contributed by atoms with Crippen molar-refractivity contribution in [3.8, 4) is 0 Å². The van der Waals surface area contributed by atoms with Crippen LogP contribution < -0.4 is 0 Å². The zero-order valence-electron chi connectivity index (χ0n) is 11.3. The molecule has 106 valence electrons. The highest BCUT2D eigenvalue weighted by molar-refractivity contribution is 5.32. The molecule has 1 N–H and O–H groups in total. The third-order valence-corrected chi connectivity index (χ3v) is 4.08. The molecule has 0 aliphatic carbocycles. The number of hydrogen-bond acceptors (Lipinski definition) is 2. The van der Waals surface area contributed by atoms with Crippen LogP contribution in [0.15, 0.2) is 24.3 Å². The van der Waals surface area contributed by atoms with Crippen LogP contribution in [0.3, 0.4) is 0 Å². The summed E-state index contributed by atoms with van der Waals surface area (Å²) in [4.78, 5) is 0. The number of hydrogen-bond donors (Lipinski definition) is 1. The number of halogens is 3. The van der Waals surface area contributed by atoms with E-state index < -0.39 is 22.8 Å². The number of alkyl halides is 3. The molecular weight excluding hydrogens is 255 g/mol. The Hall–Kier alpha value is -1.07. The standard InChI is InChI=1S/C14H18F3NO/c1-12(2)7-8-13(3,18(12)19)10-5-4-6-11(9-10)14(15,16)17/h4-6,9,19H,7-8H2,1-3H3. The molecule has 0 spiro atoms. The molecule has 0 bridgehead atoms. The molecule has 2 rings (SSSR count). The quantitative estimate of drug-likeness (QED) is 0.829. The number of benzene rings is 1. The molecule has 1 fully saturated rings. The van der Waals surface area contributed by atoms with Crippen molar-refractivity contribution in [3.05, 3.63) is 35.4 Å². The van der Waals surface area contributed by atoms with Crippen LogP contribution in [0, 0.1) is 0 Å². The van der Waals surface area contributed by atoms with Gasteiger partial charge in [0.15, 0.2) is 0 Å². The molecular formula is C14H18F3NO. The third kappa shape index (κ3) is 2.37. The molecule has 0 radical (unpaired) electrons. The highest BCUT2D eigenvalue weighted by Crippen LogP contribution is 2.46. The molecule has 1 saturated heterocycles. The first-order chi connectivity index (χ1) is 8.57. The van der Waals surface area contributed by atoms with E-state index in [1.807, 2.05) is 13.8 Å². The van der Waals surface area contributed by atoms with Crippen molar-refractivity contribution in [2.75, 3.05) is 0 Å². The Labute approximate surface area is 110 Å². The summed E-state index contributed by atoms with van der Waals surface area (Å²) in [5, 5.41) is 11.5. The average molecular weight is 273 g/mol. The molecule has 0 aromatic heterocycles. The lowest BCUT2D eigenvalue weighted by molar-refractivity contribution is -0.201.